The fourth-order valence-corrected chi connectivity index (χ4v) is 4.25. The molecule has 0 radical (unpaired) electrons. The van der Waals surface area contributed by atoms with Crippen molar-refractivity contribution in [2.45, 2.75) is 55.7 Å². The van der Waals surface area contributed by atoms with Crippen LogP contribution in [-0.2, 0) is 14.6 Å². The fourth-order valence-electron chi connectivity index (χ4n) is 2.37. The van der Waals surface area contributed by atoms with E-state index in [1.165, 1.54) is 0 Å². The van der Waals surface area contributed by atoms with Crippen molar-refractivity contribution < 1.29 is 17.9 Å². The number of amides is 1. The van der Waals surface area contributed by atoms with Gasteiger partial charge in [0.1, 0.15) is 0 Å². The first-order chi connectivity index (χ1) is 10.4. The molecule has 0 unspecified atom stereocenters. The molecule has 0 spiro atoms. The number of hydrogen-bond donors (Lipinski definition) is 1. The summed E-state index contributed by atoms with van der Waals surface area (Å²) < 4.78 is 29.9. The van der Waals surface area contributed by atoms with Crippen LogP contribution in [0.3, 0.4) is 0 Å². The summed E-state index contributed by atoms with van der Waals surface area (Å²) in [5.41, 5.74) is 1.03. The van der Waals surface area contributed by atoms with Crippen LogP contribution in [0.2, 0.25) is 0 Å². The molecule has 0 aromatic heterocycles. The summed E-state index contributed by atoms with van der Waals surface area (Å²) in [6.07, 6.45) is 2.23. The Kier molecular flexibility index (Phi) is 5.45. The third kappa shape index (κ3) is 4.00. The lowest BCUT2D eigenvalue weighted by Crippen LogP contribution is -2.49. The van der Waals surface area contributed by atoms with E-state index in [2.05, 4.69) is 5.32 Å². The second-order valence-corrected chi connectivity index (χ2v) is 8.01. The molecule has 1 fully saturated rings. The normalized spacial score (nSPS) is 21.0. The van der Waals surface area contributed by atoms with Gasteiger partial charge >= 0.3 is 6.09 Å². The average Bonchev–Trinajstić information content (AvgIpc) is 2.43. The Morgan fingerprint density at radius 3 is 2.50 bits per heavy atom. The number of benzene rings is 1. The Morgan fingerprint density at radius 1 is 1.27 bits per heavy atom. The van der Waals surface area contributed by atoms with E-state index in [-0.39, 0.29) is 6.04 Å². The Bertz CT molecular complexity index is 604. The van der Waals surface area contributed by atoms with Crippen molar-refractivity contribution in [2.24, 2.45) is 0 Å². The monoisotopic (exact) mass is 325 g/mol. The van der Waals surface area contributed by atoms with Crippen molar-refractivity contribution in [3.63, 3.8) is 0 Å². The minimum Gasteiger partial charge on any atom is -0.450 e. The van der Waals surface area contributed by atoms with Gasteiger partial charge in [-0.05, 0) is 38.3 Å². The van der Waals surface area contributed by atoms with Crippen LogP contribution in [0.1, 0.15) is 38.2 Å². The van der Waals surface area contributed by atoms with E-state index < -0.39 is 21.2 Å². The van der Waals surface area contributed by atoms with Crippen molar-refractivity contribution in [1.29, 1.82) is 0 Å². The van der Waals surface area contributed by atoms with Gasteiger partial charge in [-0.15, -0.1) is 0 Å². The summed E-state index contributed by atoms with van der Waals surface area (Å²) in [6.45, 7) is 4.34. The molecule has 0 saturated heterocycles. The Morgan fingerprint density at radius 2 is 1.91 bits per heavy atom. The molecule has 1 amide bonds. The summed E-state index contributed by atoms with van der Waals surface area (Å²) in [4.78, 5) is 11.9. The van der Waals surface area contributed by atoms with Gasteiger partial charge in [-0.3, -0.25) is 0 Å². The molecule has 1 aromatic carbocycles. The quantitative estimate of drug-likeness (QED) is 0.816. The highest BCUT2D eigenvalue weighted by atomic mass is 32.2. The summed E-state index contributed by atoms with van der Waals surface area (Å²) in [5.74, 6) is 0. The SMILES string of the molecule is CCCCOC(=O)NC1CC(S(=O)(=O)c2ccc(C)cc2)C1. The zero-order valence-corrected chi connectivity index (χ0v) is 13.9. The summed E-state index contributed by atoms with van der Waals surface area (Å²) >= 11 is 0. The number of ether oxygens (including phenoxy) is 1. The first-order valence-corrected chi connectivity index (χ1v) is 9.22. The van der Waals surface area contributed by atoms with Gasteiger partial charge in [-0.2, -0.15) is 0 Å². The topological polar surface area (TPSA) is 72.5 Å². The number of nitrogens with one attached hydrogen (secondary N) is 1. The van der Waals surface area contributed by atoms with Crippen molar-refractivity contribution in [2.75, 3.05) is 6.61 Å². The predicted octanol–water partition coefficient (Wildman–Crippen LogP) is 2.83. The molecular weight excluding hydrogens is 302 g/mol. The number of carbonyl (C=O) groups is 1. The molecule has 122 valence electrons. The summed E-state index contributed by atoms with van der Waals surface area (Å²) in [5, 5.41) is 2.29. The van der Waals surface area contributed by atoms with Crippen LogP contribution >= 0.6 is 0 Å². The highest BCUT2D eigenvalue weighted by Crippen LogP contribution is 2.31. The predicted molar refractivity (Wildman–Crippen MR) is 84.6 cm³/mol. The van der Waals surface area contributed by atoms with Crippen molar-refractivity contribution in [3.8, 4) is 0 Å². The molecule has 1 saturated carbocycles. The molecule has 0 atom stereocenters. The number of alkyl carbamates (subject to hydrolysis) is 1. The van der Waals surface area contributed by atoms with E-state index in [9.17, 15) is 13.2 Å². The largest absolute Gasteiger partial charge is 0.450 e. The number of carbonyl (C=O) groups excluding carboxylic acids is 1. The molecule has 2 rings (SSSR count). The van der Waals surface area contributed by atoms with E-state index in [0.29, 0.717) is 24.3 Å². The summed E-state index contributed by atoms with van der Waals surface area (Å²) in [7, 11) is -3.30. The van der Waals surface area contributed by atoms with E-state index in [1.54, 1.807) is 24.3 Å². The third-order valence-electron chi connectivity index (χ3n) is 3.94. The lowest BCUT2D eigenvalue weighted by atomic mass is 9.92. The lowest BCUT2D eigenvalue weighted by molar-refractivity contribution is 0.135. The molecule has 1 aliphatic rings. The third-order valence-corrected chi connectivity index (χ3v) is 6.13. The smallest absolute Gasteiger partial charge is 0.407 e. The van der Waals surface area contributed by atoms with Crippen molar-refractivity contribution in [1.82, 2.24) is 5.32 Å². The number of rotatable bonds is 6. The average molecular weight is 325 g/mol. The molecule has 22 heavy (non-hydrogen) atoms. The summed E-state index contributed by atoms with van der Waals surface area (Å²) in [6, 6.07) is 6.77. The van der Waals surface area contributed by atoms with Gasteiger partial charge in [0.15, 0.2) is 9.84 Å². The zero-order valence-electron chi connectivity index (χ0n) is 13.0. The zero-order chi connectivity index (χ0) is 16.2. The van der Waals surface area contributed by atoms with Crippen LogP contribution in [0.4, 0.5) is 4.79 Å². The molecule has 1 aromatic rings. The van der Waals surface area contributed by atoms with E-state index in [4.69, 9.17) is 4.74 Å². The maximum atomic E-state index is 12.4. The van der Waals surface area contributed by atoms with Crippen LogP contribution in [0, 0.1) is 6.92 Å². The van der Waals surface area contributed by atoms with Crippen LogP contribution in [0.5, 0.6) is 0 Å². The fraction of sp³-hybridized carbons (Fsp3) is 0.562. The van der Waals surface area contributed by atoms with E-state index >= 15 is 0 Å². The highest BCUT2D eigenvalue weighted by molar-refractivity contribution is 7.92. The van der Waals surface area contributed by atoms with Gasteiger partial charge in [0.25, 0.3) is 0 Å². The Labute approximate surface area is 132 Å². The lowest BCUT2D eigenvalue weighted by Gasteiger charge is -2.34. The Balaban J connectivity index is 1.83. The maximum absolute atomic E-state index is 12.4. The van der Waals surface area contributed by atoms with Gasteiger partial charge < -0.3 is 10.1 Å². The molecule has 0 heterocycles. The van der Waals surface area contributed by atoms with Gasteiger partial charge in [0.2, 0.25) is 0 Å². The van der Waals surface area contributed by atoms with Gasteiger partial charge in [-0.25, -0.2) is 13.2 Å². The van der Waals surface area contributed by atoms with E-state index in [0.717, 1.165) is 18.4 Å². The molecule has 5 nitrogen and oxygen atoms in total. The minimum absolute atomic E-state index is 0.112. The van der Waals surface area contributed by atoms with Crippen LogP contribution in [-0.4, -0.2) is 32.4 Å². The number of sulfone groups is 1. The highest BCUT2D eigenvalue weighted by Gasteiger charge is 2.40. The Hall–Kier alpha value is -1.56. The number of hydrogen-bond acceptors (Lipinski definition) is 4. The minimum atomic E-state index is -3.30. The second kappa shape index (κ2) is 7.13. The molecule has 0 aliphatic heterocycles. The number of unbranched alkanes of at least 4 members (excludes halogenated alkanes) is 1. The van der Waals surface area contributed by atoms with Crippen molar-refractivity contribution in [3.05, 3.63) is 29.8 Å². The second-order valence-electron chi connectivity index (χ2n) is 5.78. The first-order valence-electron chi connectivity index (χ1n) is 7.67. The van der Waals surface area contributed by atoms with Gasteiger partial charge in [-0.1, -0.05) is 31.0 Å². The van der Waals surface area contributed by atoms with E-state index in [1.807, 2.05) is 13.8 Å². The maximum Gasteiger partial charge on any atom is 0.407 e. The molecular formula is C16H23NO4S. The molecule has 1 aliphatic carbocycles. The van der Waals surface area contributed by atoms with Gasteiger partial charge in [0, 0.05) is 6.04 Å². The number of aryl methyl sites for hydroxylation is 1. The van der Waals surface area contributed by atoms with Crippen LogP contribution in [0.15, 0.2) is 29.2 Å². The first kappa shape index (κ1) is 16.8. The van der Waals surface area contributed by atoms with Crippen LogP contribution < -0.4 is 5.32 Å². The molecule has 0 bridgehead atoms. The van der Waals surface area contributed by atoms with Crippen molar-refractivity contribution >= 4 is 15.9 Å². The molecule has 1 N–H and O–H groups in total. The van der Waals surface area contributed by atoms with Crippen LogP contribution in [0.25, 0.3) is 0 Å². The molecule has 6 heteroatoms. The van der Waals surface area contributed by atoms with Gasteiger partial charge in [0.05, 0.1) is 16.8 Å². The standard InChI is InChI=1S/C16H23NO4S/c1-3-4-9-21-16(18)17-13-10-15(11-13)22(19,20)14-7-5-12(2)6-8-14/h5-8,13,15H,3-4,9-11H2,1-2H3,(H,17,18).